The van der Waals surface area contributed by atoms with Crippen LogP contribution in [0.2, 0.25) is 0 Å². The van der Waals surface area contributed by atoms with Crippen LogP contribution in [0.4, 0.5) is 0 Å². The van der Waals surface area contributed by atoms with Crippen molar-refractivity contribution >= 4 is 24.8 Å². The molecule has 1 aromatic heterocycles. The molecule has 3 aliphatic carbocycles. The zero-order valence-corrected chi connectivity index (χ0v) is 19.5. The van der Waals surface area contributed by atoms with Gasteiger partial charge in [0.25, 0.3) is 5.56 Å². The van der Waals surface area contributed by atoms with Crippen molar-refractivity contribution < 1.29 is 9.79 Å². The number of fused-ring (bicyclic) bond motifs is 8. The minimum Gasteiger partial charge on any atom is -0.345 e. The number of rotatable bonds is 2. The van der Waals surface area contributed by atoms with Crippen LogP contribution in [0.1, 0.15) is 70.3 Å². The van der Waals surface area contributed by atoms with Gasteiger partial charge in [-0.15, -0.1) is 0 Å². The van der Waals surface area contributed by atoms with Crippen LogP contribution in [-0.2, 0) is 0 Å². The minimum absolute atomic E-state index is 0.0839. The molecule has 7 rings (SSSR count). The summed E-state index contributed by atoms with van der Waals surface area (Å²) in [6.07, 6.45) is 13.3. The van der Waals surface area contributed by atoms with Crippen molar-refractivity contribution in [3.05, 3.63) is 34.6 Å². The molecule has 5 fully saturated rings. The molecule has 0 radical (unpaired) electrons. The van der Waals surface area contributed by atoms with Gasteiger partial charge in [0.15, 0.2) is 5.44 Å². The molecular formula is C25H34N3O3P. The van der Waals surface area contributed by atoms with Gasteiger partial charge in [-0.3, -0.25) is 4.79 Å². The molecule has 0 spiro atoms. The zero-order valence-electron chi connectivity index (χ0n) is 18.6. The molecule has 3 saturated carbocycles. The van der Waals surface area contributed by atoms with E-state index in [0.717, 1.165) is 31.2 Å². The summed E-state index contributed by atoms with van der Waals surface area (Å²) in [5.41, 5.74) is 0.941. The quantitative estimate of drug-likeness (QED) is 0.603. The van der Waals surface area contributed by atoms with E-state index in [4.69, 9.17) is 0 Å². The molecule has 2 aliphatic heterocycles. The smallest absolute Gasteiger partial charge is 0.282 e. The molecule has 172 valence electrons. The lowest BCUT2D eigenvalue weighted by Crippen LogP contribution is -2.51. The average Bonchev–Trinajstić information content (AvgIpc) is 3.56. The Bertz CT molecular complexity index is 1030. The highest BCUT2D eigenvalue weighted by atomic mass is 31.2. The molecule has 3 heterocycles. The van der Waals surface area contributed by atoms with Crippen LogP contribution in [0.15, 0.2) is 29.1 Å². The number of benzene rings is 1. The molecule has 6 atom stereocenters. The van der Waals surface area contributed by atoms with Crippen molar-refractivity contribution in [1.29, 1.82) is 0 Å². The molecule has 2 aromatic rings. The number of aromatic nitrogens is 2. The predicted octanol–water partition coefficient (Wildman–Crippen LogP) is 3.61. The van der Waals surface area contributed by atoms with Gasteiger partial charge in [0.05, 0.1) is 11.0 Å². The van der Waals surface area contributed by atoms with Crippen molar-refractivity contribution in [2.24, 2.45) is 23.7 Å². The fourth-order valence-electron chi connectivity index (χ4n) is 7.44. The lowest BCUT2D eigenvalue weighted by molar-refractivity contribution is 0.189. The molecule has 32 heavy (non-hydrogen) atoms. The van der Waals surface area contributed by atoms with Crippen LogP contribution in [0, 0.1) is 23.7 Å². The van der Waals surface area contributed by atoms with Gasteiger partial charge in [-0.2, -0.15) is 0 Å². The van der Waals surface area contributed by atoms with E-state index >= 15 is 0 Å². The van der Waals surface area contributed by atoms with Gasteiger partial charge in [-0.25, -0.2) is 4.98 Å². The summed E-state index contributed by atoms with van der Waals surface area (Å²) in [7, 11) is -2.50. The van der Waals surface area contributed by atoms with Crippen molar-refractivity contribution in [2.45, 2.75) is 82.3 Å². The summed E-state index contributed by atoms with van der Waals surface area (Å²) >= 11 is 0. The molecule has 5 aliphatic rings. The summed E-state index contributed by atoms with van der Waals surface area (Å²) in [4.78, 5) is 36.2. The normalized spacial score (nSPS) is 37.0. The molecule has 1 aromatic carbocycles. The van der Waals surface area contributed by atoms with Crippen molar-refractivity contribution in [1.82, 2.24) is 14.9 Å². The monoisotopic (exact) mass is 455 g/mol. The fourth-order valence-corrected chi connectivity index (χ4v) is 7.92. The Kier molecular flexibility index (Phi) is 5.61. The Labute approximate surface area is 190 Å². The van der Waals surface area contributed by atoms with Gasteiger partial charge in [0.2, 0.25) is 8.38 Å². The maximum Gasteiger partial charge on any atom is 0.282 e. The molecule has 2 saturated heterocycles. The molecule has 7 heteroatoms. The fraction of sp³-hybridized carbons (Fsp3) is 0.680. The standard InChI is InChI=1S/C16H20N3O3P.C9H14/c20-16-15(23(21)22)18-13-6-1-2-7-14(13)19(16)12-8-10-4-3-5-11(9-12)17-10;1-2-6-4-7(3-1)9-5-8(6)9/h1-2,6-7,10-12,17,21-22H,3-5,8-9H2;6-9H,1-5H2. The Morgan fingerprint density at radius 2 is 1.56 bits per heavy atom. The highest BCUT2D eigenvalue weighted by Crippen LogP contribution is 2.63. The van der Waals surface area contributed by atoms with Gasteiger partial charge in [0, 0.05) is 18.1 Å². The van der Waals surface area contributed by atoms with Gasteiger partial charge in [0.1, 0.15) is 0 Å². The lowest BCUT2D eigenvalue weighted by atomic mass is 9.84. The highest BCUT2D eigenvalue weighted by Gasteiger charge is 2.54. The Morgan fingerprint density at radius 3 is 2.22 bits per heavy atom. The predicted molar refractivity (Wildman–Crippen MR) is 127 cm³/mol. The van der Waals surface area contributed by atoms with Gasteiger partial charge >= 0.3 is 0 Å². The molecular weight excluding hydrogens is 421 g/mol. The highest BCUT2D eigenvalue weighted by molar-refractivity contribution is 7.53. The van der Waals surface area contributed by atoms with Gasteiger partial charge < -0.3 is 19.7 Å². The first-order valence-corrected chi connectivity index (χ1v) is 13.8. The third-order valence-electron chi connectivity index (χ3n) is 8.88. The number of piperidine rings is 2. The van der Waals surface area contributed by atoms with Crippen LogP contribution >= 0.6 is 8.38 Å². The maximum atomic E-state index is 12.8. The van der Waals surface area contributed by atoms with Gasteiger partial charge in [-0.05, 0) is 74.3 Å². The van der Waals surface area contributed by atoms with E-state index in [0.29, 0.717) is 17.6 Å². The Hall–Kier alpha value is -1.33. The summed E-state index contributed by atoms with van der Waals surface area (Å²) in [6, 6.07) is 8.42. The summed E-state index contributed by atoms with van der Waals surface area (Å²) in [6.45, 7) is 0. The first-order chi connectivity index (χ1) is 15.6. The van der Waals surface area contributed by atoms with Crippen molar-refractivity contribution in [3.63, 3.8) is 0 Å². The molecule has 0 amide bonds. The number of hydrogen-bond acceptors (Lipinski definition) is 5. The van der Waals surface area contributed by atoms with E-state index < -0.39 is 8.38 Å². The first-order valence-electron chi connectivity index (χ1n) is 12.5. The van der Waals surface area contributed by atoms with E-state index in [9.17, 15) is 14.6 Å². The Balaban J connectivity index is 0.000000178. The number of para-hydroxylation sites is 2. The molecule has 4 bridgehead atoms. The van der Waals surface area contributed by atoms with Crippen LogP contribution in [0.5, 0.6) is 0 Å². The number of hydrogen-bond donors (Lipinski definition) is 3. The zero-order chi connectivity index (χ0) is 21.8. The second-order valence-corrected chi connectivity index (χ2v) is 11.8. The summed E-state index contributed by atoms with van der Waals surface area (Å²) < 4.78 is 1.76. The number of nitrogens with one attached hydrogen (secondary N) is 1. The summed E-state index contributed by atoms with van der Waals surface area (Å²) in [5, 5.41) is 3.63. The maximum absolute atomic E-state index is 12.8. The third-order valence-corrected chi connectivity index (χ3v) is 9.55. The first kappa shape index (κ1) is 21.2. The Morgan fingerprint density at radius 1 is 0.906 bits per heavy atom. The van der Waals surface area contributed by atoms with Crippen LogP contribution in [0.25, 0.3) is 11.0 Å². The van der Waals surface area contributed by atoms with E-state index in [1.165, 1.54) is 30.1 Å². The lowest BCUT2D eigenvalue weighted by Gasteiger charge is -2.41. The van der Waals surface area contributed by atoms with Gasteiger partial charge in [-0.1, -0.05) is 37.8 Å². The summed E-state index contributed by atoms with van der Waals surface area (Å²) in [5.74, 6) is 4.87. The number of nitrogens with zero attached hydrogens (tertiary/aromatic N) is 2. The minimum atomic E-state index is -2.50. The van der Waals surface area contributed by atoms with Crippen LogP contribution < -0.4 is 16.3 Å². The SMILES string of the molecule is C1CC2CC(C1)C1CC21.O=c1c(P(O)O)nc2ccccc2n1C1CC2CCCC(C1)N2. The molecule has 6 nitrogen and oxygen atoms in total. The second kappa shape index (κ2) is 8.47. The van der Waals surface area contributed by atoms with E-state index in [-0.39, 0.29) is 17.0 Å². The average molecular weight is 456 g/mol. The van der Waals surface area contributed by atoms with Crippen LogP contribution in [-0.4, -0.2) is 31.4 Å². The van der Waals surface area contributed by atoms with E-state index in [2.05, 4.69) is 10.3 Å². The van der Waals surface area contributed by atoms with E-state index in [1.54, 1.807) is 36.7 Å². The molecule has 3 N–H and O–H groups in total. The largest absolute Gasteiger partial charge is 0.345 e. The van der Waals surface area contributed by atoms with E-state index in [1.807, 2.05) is 24.3 Å². The second-order valence-electron chi connectivity index (χ2n) is 10.8. The third kappa shape index (κ3) is 3.83. The molecule has 6 unspecified atom stereocenters. The topological polar surface area (TPSA) is 87.4 Å². The van der Waals surface area contributed by atoms with Crippen molar-refractivity contribution in [3.8, 4) is 0 Å². The van der Waals surface area contributed by atoms with Crippen molar-refractivity contribution in [2.75, 3.05) is 0 Å². The van der Waals surface area contributed by atoms with Crippen LogP contribution in [0.3, 0.4) is 0 Å².